The molecule has 3 aliphatic heterocycles. The summed E-state index contributed by atoms with van der Waals surface area (Å²) in [6.45, 7) is 3.25. The highest BCUT2D eigenvalue weighted by molar-refractivity contribution is 7.89. The van der Waals surface area contributed by atoms with Gasteiger partial charge < -0.3 is 24.3 Å². The maximum atomic E-state index is 13.7. The van der Waals surface area contributed by atoms with E-state index in [2.05, 4.69) is 21.9 Å². The van der Waals surface area contributed by atoms with Crippen molar-refractivity contribution >= 4 is 49.8 Å². The lowest BCUT2D eigenvalue weighted by atomic mass is 10.1. The number of aromatic amines is 1. The molecule has 1 unspecified atom stereocenters. The molecule has 10 nitrogen and oxygen atoms in total. The van der Waals surface area contributed by atoms with Crippen molar-refractivity contribution in [1.29, 1.82) is 0 Å². The van der Waals surface area contributed by atoms with Gasteiger partial charge in [-0.1, -0.05) is 11.6 Å². The topological polar surface area (TPSA) is 108 Å². The van der Waals surface area contributed by atoms with E-state index < -0.39 is 22.4 Å². The number of benzene rings is 1. The Bertz CT molecular complexity index is 1430. The molecule has 198 valence electrons. The zero-order chi connectivity index (χ0) is 25.7. The number of thiazole rings is 1. The molecule has 0 aliphatic carbocycles. The van der Waals surface area contributed by atoms with Crippen molar-refractivity contribution in [3.05, 3.63) is 44.9 Å². The average Bonchev–Trinajstić information content (AvgIpc) is 3.63. The van der Waals surface area contributed by atoms with Gasteiger partial charge in [-0.05, 0) is 31.3 Å². The van der Waals surface area contributed by atoms with E-state index in [0.29, 0.717) is 35.2 Å². The van der Waals surface area contributed by atoms with Crippen LogP contribution < -0.4 is 0 Å². The molecule has 3 aliphatic rings. The summed E-state index contributed by atoms with van der Waals surface area (Å²) in [5.74, 6) is -0.164. The standard InChI is InChI=1S/C24H28ClN5O5S2/c1-28-5-4-19-20(14-28)36-23(27-19)24(31)30-7-6-29(13-17(30)12-22-34-8-9-35-22)37(32,33)21-11-15-10-16(25)2-3-18(15)26-21/h2-3,10-11,17,22,26H,4-9,12-14H2,1H3. The first-order chi connectivity index (χ1) is 17.8. The van der Waals surface area contributed by atoms with E-state index in [9.17, 15) is 13.2 Å². The fourth-order valence-electron chi connectivity index (χ4n) is 5.17. The molecule has 0 saturated carbocycles. The van der Waals surface area contributed by atoms with Gasteiger partial charge in [-0.3, -0.25) is 4.79 Å². The lowest BCUT2D eigenvalue weighted by Gasteiger charge is -2.40. The Hall–Kier alpha value is -2.06. The third-order valence-electron chi connectivity index (χ3n) is 7.14. The summed E-state index contributed by atoms with van der Waals surface area (Å²) < 4.78 is 40.0. The number of carbonyl (C=O) groups is 1. The minimum Gasteiger partial charge on any atom is -0.350 e. The number of halogens is 1. The zero-order valence-electron chi connectivity index (χ0n) is 20.4. The van der Waals surface area contributed by atoms with Crippen molar-refractivity contribution in [3.63, 3.8) is 0 Å². The number of carbonyl (C=O) groups excluding carboxylic acids is 1. The van der Waals surface area contributed by atoms with E-state index in [1.54, 1.807) is 29.2 Å². The van der Waals surface area contributed by atoms with Crippen LogP contribution in [0, 0.1) is 0 Å². The van der Waals surface area contributed by atoms with Crippen LogP contribution in [-0.2, 0) is 32.5 Å². The Morgan fingerprint density at radius 3 is 2.84 bits per heavy atom. The first-order valence-electron chi connectivity index (χ1n) is 12.3. The maximum absolute atomic E-state index is 13.7. The quantitative estimate of drug-likeness (QED) is 0.506. The molecule has 1 amide bonds. The number of likely N-dealkylation sites (N-methyl/N-ethyl adjacent to an activating group) is 1. The normalized spacial score (nSPS) is 22.1. The SMILES string of the molecule is CN1CCc2nc(C(=O)N3CCN(S(=O)(=O)c4cc5cc(Cl)ccc5[nH]4)CC3CC3OCCO3)sc2C1. The van der Waals surface area contributed by atoms with Crippen LogP contribution in [0.5, 0.6) is 0 Å². The number of hydrogen-bond acceptors (Lipinski definition) is 8. The van der Waals surface area contributed by atoms with Gasteiger partial charge in [0.05, 0.1) is 24.9 Å². The third kappa shape index (κ3) is 4.91. The molecule has 1 aromatic carbocycles. The van der Waals surface area contributed by atoms with Gasteiger partial charge in [0, 0.05) is 66.4 Å². The first-order valence-corrected chi connectivity index (χ1v) is 14.9. The van der Waals surface area contributed by atoms with Gasteiger partial charge in [0.2, 0.25) is 0 Å². The van der Waals surface area contributed by atoms with Crippen LogP contribution in [0.25, 0.3) is 10.9 Å². The number of aromatic nitrogens is 2. The number of H-pyrrole nitrogens is 1. The predicted octanol–water partition coefficient (Wildman–Crippen LogP) is 2.54. The van der Waals surface area contributed by atoms with E-state index in [1.165, 1.54) is 15.6 Å². The lowest BCUT2D eigenvalue weighted by molar-refractivity contribution is -0.0648. The molecular formula is C24H28ClN5O5S2. The molecule has 2 aromatic heterocycles. The number of nitrogens with one attached hydrogen (secondary N) is 1. The molecule has 0 spiro atoms. The minimum atomic E-state index is -3.83. The largest absolute Gasteiger partial charge is 0.350 e. The second-order valence-electron chi connectivity index (χ2n) is 9.66. The Labute approximate surface area is 224 Å². The fourth-order valence-corrected chi connectivity index (χ4v) is 7.98. The maximum Gasteiger partial charge on any atom is 0.283 e. The van der Waals surface area contributed by atoms with E-state index in [0.717, 1.165) is 35.5 Å². The van der Waals surface area contributed by atoms with Crippen LogP contribution in [0.2, 0.25) is 5.02 Å². The van der Waals surface area contributed by atoms with Crippen molar-refractivity contribution < 1.29 is 22.7 Å². The predicted molar refractivity (Wildman–Crippen MR) is 139 cm³/mol. The summed E-state index contributed by atoms with van der Waals surface area (Å²) in [6, 6.07) is 6.39. The van der Waals surface area contributed by atoms with Gasteiger partial charge >= 0.3 is 0 Å². The van der Waals surface area contributed by atoms with Crippen molar-refractivity contribution in [3.8, 4) is 0 Å². The number of hydrogen-bond donors (Lipinski definition) is 1. The fraction of sp³-hybridized carbons (Fsp3) is 0.500. The molecule has 1 atom stereocenters. The Morgan fingerprint density at radius 1 is 1.22 bits per heavy atom. The zero-order valence-corrected chi connectivity index (χ0v) is 22.7. The summed E-state index contributed by atoms with van der Waals surface area (Å²) in [5, 5.41) is 1.83. The average molecular weight is 566 g/mol. The minimum absolute atomic E-state index is 0.105. The van der Waals surface area contributed by atoms with Crippen LogP contribution in [0.4, 0.5) is 0 Å². The number of rotatable bonds is 5. The summed E-state index contributed by atoms with van der Waals surface area (Å²) in [6.07, 6.45) is 0.731. The van der Waals surface area contributed by atoms with Gasteiger partial charge in [0.15, 0.2) is 11.3 Å². The number of amides is 1. The van der Waals surface area contributed by atoms with Crippen LogP contribution in [-0.4, -0.2) is 97.2 Å². The number of fused-ring (bicyclic) bond motifs is 2. The number of nitrogens with zero attached hydrogens (tertiary/aromatic N) is 4. The number of piperazine rings is 1. The molecule has 3 aromatic rings. The summed E-state index contributed by atoms with van der Waals surface area (Å²) in [5.41, 5.74) is 1.69. The lowest BCUT2D eigenvalue weighted by Crippen LogP contribution is -2.57. The van der Waals surface area contributed by atoms with Gasteiger partial charge in [-0.2, -0.15) is 4.31 Å². The Balaban J connectivity index is 1.26. The second-order valence-corrected chi connectivity index (χ2v) is 13.1. The van der Waals surface area contributed by atoms with Crippen LogP contribution >= 0.6 is 22.9 Å². The third-order valence-corrected chi connectivity index (χ3v) is 10.2. The molecular weight excluding hydrogens is 538 g/mol. The molecule has 0 radical (unpaired) electrons. The molecule has 2 fully saturated rings. The van der Waals surface area contributed by atoms with Gasteiger partial charge in [0.1, 0.15) is 5.03 Å². The molecule has 0 bridgehead atoms. The van der Waals surface area contributed by atoms with E-state index in [4.69, 9.17) is 21.1 Å². The molecule has 13 heteroatoms. The summed E-state index contributed by atoms with van der Waals surface area (Å²) in [4.78, 5) is 26.4. The van der Waals surface area contributed by atoms with Crippen LogP contribution in [0.3, 0.4) is 0 Å². The van der Waals surface area contributed by atoms with Gasteiger partial charge in [-0.15, -0.1) is 11.3 Å². The second kappa shape index (κ2) is 9.92. The van der Waals surface area contributed by atoms with Gasteiger partial charge in [0.25, 0.3) is 15.9 Å². The Morgan fingerprint density at radius 2 is 2.03 bits per heavy atom. The van der Waals surface area contributed by atoms with Crippen molar-refractivity contribution in [1.82, 2.24) is 24.1 Å². The number of sulfonamides is 1. The molecule has 5 heterocycles. The summed E-state index contributed by atoms with van der Waals surface area (Å²) >= 11 is 7.52. The first kappa shape index (κ1) is 25.2. The molecule has 6 rings (SSSR count). The van der Waals surface area contributed by atoms with Crippen molar-refractivity contribution in [2.24, 2.45) is 0 Å². The highest BCUT2D eigenvalue weighted by Gasteiger charge is 2.40. The van der Waals surface area contributed by atoms with E-state index >= 15 is 0 Å². The van der Waals surface area contributed by atoms with Crippen molar-refractivity contribution in [2.75, 3.05) is 46.4 Å². The smallest absolute Gasteiger partial charge is 0.283 e. The van der Waals surface area contributed by atoms with Crippen LogP contribution in [0.15, 0.2) is 29.3 Å². The Kier molecular flexibility index (Phi) is 6.76. The molecule has 1 N–H and O–H groups in total. The van der Waals surface area contributed by atoms with E-state index in [-0.39, 0.29) is 30.6 Å². The van der Waals surface area contributed by atoms with Crippen molar-refractivity contribution in [2.45, 2.75) is 36.7 Å². The van der Waals surface area contributed by atoms with Gasteiger partial charge in [-0.25, -0.2) is 13.4 Å². The summed E-state index contributed by atoms with van der Waals surface area (Å²) in [7, 11) is -1.77. The highest BCUT2D eigenvalue weighted by Crippen LogP contribution is 2.30. The van der Waals surface area contributed by atoms with E-state index in [1.807, 2.05) is 0 Å². The molecule has 37 heavy (non-hydrogen) atoms. The highest BCUT2D eigenvalue weighted by atomic mass is 35.5. The number of ether oxygens (including phenoxy) is 2. The van der Waals surface area contributed by atoms with Crippen LogP contribution in [0.1, 0.15) is 26.8 Å². The monoisotopic (exact) mass is 565 g/mol. The molecule has 2 saturated heterocycles.